The van der Waals surface area contributed by atoms with E-state index in [2.05, 4.69) is 11.9 Å². The van der Waals surface area contributed by atoms with Crippen molar-refractivity contribution in [2.24, 2.45) is 5.41 Å². The molecule has 5 nitrogen and oxygen atoms in total. The Morgan fingerprint density at radius 1 is 1.43 bits per heavy atom. The summed E-state index contributed by atoms with van der Waals surface area (Å²) in [5, 5.41) is 12.1. The van der Waals surface area contributed by atoms with E-state index in [1.807, 2.05) is 30.3 Å². The average molecular weight is 288 g/mol. The summed E-state index contributed by atoms with van der Waals surface area (Å²) in [5.74, 6) is -0.102. The lowest BCUT2D eigenvalue weighted by Gasteiger charge is -2.32. The summed E-state index contributed by atoms with van der Waals surface area (Å²) in [6.45, 7) is 4.58. The summed E-state index contributed by atoms with van der Waals surface area (Å²) in [7, 11) is 0. The maximum absolute atomic E-state index is 12.5. The van der Waals surface area contributed by atoms with Crippen LogP contribution >= 0.6 is 0 Å². The van der Waals surface area contributed by atoms with E-state index >= 15 is 0 Å². The molecular weight excluding hydrogens is 268 g/mol. The van der Waals surface area contributed by atoms with E-state index in [-0.39, 0.29) is 12.5 Å². The third kappa shape index (κ3) is 3.42. The Morgan fingerprint density at radius 3 is 2.76 bits per heavy atom. The lowest BCUT2D eigenvalue weighted by Crippen LogP contribution is -2.46. The molecule has 1 aliphatic rings. The van der Waals surface area contributed by atoms with Crippen LogP contribution in [0, 0.1) is 5.41 Å². The summed E-state index contributed by atoms with van der Waals surface area (Å²) in [6.07, 6.45) is 1.63. The minimum Gasteiger partial charge on any atom is -0.465 e. The number of nitrogens with one attached hydrogen (secondary N) is 1. The lowest BCUT2D eigenvalue weighted by atomic mass is 9.77. The van der Waals surface area contributed by atoms with Crippen molar-refractivity contribution in [2.45, 2.75) is 12.8 Å². The maximum Gasteiger partial charge on any atom is 0.407 e. The molecule has 0 spiro atoms. The quantitative estimate of drug-likeness (QED) is 0.831. The fourth-order valence-corrected chi connectivity index (χ4v) is 2.80. The number of nitrogens with zero attached hydrogens (tertiary/aromatic N) is 1. The highest BCUT2D eigenvalue weighted by molar-refractivity contribution is 5.84. The van der Waals surface area contributed by atoms with Gasteiger partial charge in [-0.2, -0.15) is 0 Å². The topological polar surface area (TPSA) is 69.6 Å². The molecule has 1 saturated heterocycles. The number of hydrogen-bond acceptors (Lipinski definition) is 2. The van der Waals surface area contributed by atoms with E-state index in [1.54, 1.807) is 6.08 Å². The Balaban J connectivity index is 2.33. The second-order valence-corrected chi connectivity index (χ2v) is 5.40. The van der Waals surface area contributed by atoms with Gasteiger partial charge in [0.2, 0.25) is 5.91 Å². The Kier molecular flexibility index (Phi) is 4.62. The van der Waals surface area contributed by atoms with Crippen molar-refractivity contribution in [2.75, 3.05) is 19.6 Å². The van der Waals surface area contributed by atoms with E-state index in [9.17, 15) is 14.7 Å². The molecular formula is C16H20N2O3. The number of carbonyl (C=O) groups excluding carboxylic acids is 1. The molecule has 0 aromatic heterocycles. The number of allylic oxidation sites excluding steroid dienone is 1. The van der Waals surface area contributed by atoms with Crippen molar-refractivity contribution in [1.29, 1.82) is 0 Å². The molecule has 2 amide bonds. The third-order valence-electron chi connectivity index (χ3n) is 3.83. The van der Waals surface area contributed by atoms with Gasteiger partial charge in [0.15, 0.2) is 0 Å². The molecule has 2 N–H and O–H groups in total. The zero-order valence-corrected chi connectivity index (χ0v) is 11.9. The van der Waals surface area contributed by atoms with E-state index < -0.39 is 11.5 Å². The van der Waals surface area contributed by atoms with Crippen molar-refractivity contribution in [3.8, 4) is 0 Å². The summed E-state index contributed by atoms with van der Waals surface area (Å²) in [5.41, 5.74) is 0.222. The van der Waals surface area contributed by atoms with Gasteiger partial charge >= 0.3 is 6.09 Å². The highest BCUT2D eigenvalue weighted by Gasteiger charge is 2.41. The minimum atomic E-state index is -0.993. The van der Waals surface area contributed by atoms with Crippen LogP contribution in [0.3, 0.4) is 0 Å². The number of rotatable bonds is 4. The average Bonchev–Trinajstić information content (AvgIpc) is 2.61. The van der Waals surface area contributed by atoms with Crippen LogP contribution in [0.1, 0.15) is 12.0 Å². The molecule has 5 heteroatoms. The zero-order valence-electron chi connectivity index (χ0n) is 11.9. The monoisotopic (exact) mass is 288 g/mol. The molecule has 2 rings (SSSR count). The molecule has 0 bridgehead atoms. The van der Waals surface area contributed by atoms with Gasteiger partial charge in [0.1, 0.15) is 0 Å². The largest absolute Gasteiger partial charge is 0.465 e. The highest BCUT2D eigenvalue weighted by Crippen LogP contribution is 2.31. The van der Waals surface area contributed by atoms with Crippen LogP contribution in [0.2, 0.25) is 0 Å². The molecule has 1 aromatic carbocycles. The van der Waals surface area contributed by atoms with Gasteiger partial charge in [0, 0.05) is 19.6 Å². The van der Waals surface area contributed by atoms with Gasteiger partial charge in [0.05, 0.1) is 5.41 Å². The number of hydrogen-bond donors (Lipinski definition) is 2. The molecule has 1 aliphatic heterocycles. The van der Waals surface area contributed by atoms with Crippen LogP contribution in [0.25, 0.3) is 0 Å². The normalized spacial score (nSPS) is 22.3. The van der Waals surface area contributed by atoms with Crippen molar-refractivity contribution >= 4 is 12.0 Å². The molecule has 1 fully saturated rings. The third-order valence-corrected chi connectivity index (χ3v) is 3.83. The van der Waals surface area contributed by atoms with Crippen LogP contribution in [-0.4, -0.2) is 41.6 Å². The Labute approximate surface area is 124 Å². The molecule has 1 aromatic rings. The Hall–Kier alpha value is -2.30. The SMILES string of the molecule is C=CC[C@]1(Cc2ccccc2)CN(C(=O)O)CCNC1=O. The molecule has 112 valence electrons. The van der Waals surface area contributed by atoms with Crippen LogP contribution in [0.15, 0.2) is 43.0 Å². The summed E-state index contributed by atoms with van der Waals surface area (Å²) < 4.78 is 0. The summed E-state index contributed by atoms with van der Waals surface area (Å²) >= 11 is 0. The molecule has 0 aliphatic carbocycles. The van der Waals surface area contributed by atoms with Crippen molar-refractivity contribution in [3.05, 3.63) is 48.6 Å². The van der Waals surface area contributed by atoms with Crippen LogP contribution in [0.4, 0.5) is 4.79 Å². The highest BCUT2D eigenvalue weighted by atomic mass is 16.4. The van der Waals surface area contributed by atoms with Crippen LogP contribution < -0.4 is 5.32 Å². The van der Waals surface area contributed by atoms with Gasteiger partial charge in [-0.05, 0) is 18.4 Å². The first-order valence-corrected chi connectivity index (χ1v) is 6.98. The number of amides is 2. The molecule has 0 unspecified atom stereocenters. The van der Waals surface area contributed by atoms with Gasteiger partial charge < -0.3 is 15.3 Å². The number of carbonyl (C=O) groups is 2. The standard InChI is InChI=1S/C16H20N2O3/c1-2-8-16(11-13-6-4-3-5-7-13)12-18(15(20)21)10-9-17-14(16)19/h2-7H,1,8-12H2,(H,17,19)(H,20,21)/t16-/m0/s1. The fourth-order valence-electron chi connectivity index (χ4n) is 2.80. The number of benzene rings is 1. The minimum absolute atomic E-state index is 0.102. The summed E-state index contributed by atoms with van der Waals surface area (Å²) in [4.78, 5) is 25.1. The van der Waals surface area contributed by atoms with E-state index in [4.69, 9.17) is 0 Å². The maximum atomic E-state index is 12.5. The van der Waals surface area contributed by atoms with Gasteiger partial charge in [-0.15, -0.1) is 6.58 Å². The molecule has 0 saturated carbocycles. The first-order valence-electron chi connectivity index (χ1n) is 6.98. The van der Waals surface area contributed by atoms with E-state index in [0.29, 0.717) is 25.9 Å². The van der Waals surface area contributed by atoms with E-state index in [0.717, 1.165) is 5.56 Å². The Morgan fingerprint density at radius 2 is 2.14 bits per heavy atom. The predicted molar refractivity (Wildman–Crippen MR) is 80.0 cm³/mol. The number of carboxylic acid groups (broad SMARTS) is 1. The van der Waals surface area contributed by atoms with Crippen molar-refractivity contribution in [3.63, 3.8) is 0 Å². The van der Waals surface area contributed by atoms with E-state index in [1.165, 1.54) is 4.90 Å². The molecule has 1 heterocycles. The molecule has 1 atom stereocenters. The van der Waals surface area contributed by atoms with Crippen LogP contribution in [-0.2, 0) is 11.2 Å². The fraction of sp³-hybridized carbons (Fsp3) is 0.375. The molecule has 0 radical (unpaired) electrons. The summed E-state index contributed by atoms with van der Waals surface area (Å²) in [6, 6.07) is 9.66. The first-order chi connectivity index (χ1) is 10.1. The van der Waals surface area contributed by atoms with Gasteiger partial charge in [0.25, 0.3) is 0 Å². The van der Waals surface area contributed by atoms with Crippen molar-refractivity contribution < 1.29 is 14.7 Å². The lowest BCUT2D eigenvalue weighted by molar-refractivity contribution is -0.130. The smallest absolute Gasteiger partial charge is 0.407 e. The van der Waals surface area contributed by atoms with Crippen LogP contribution in [0.5, 0.6) is 0 Å². The zero-order chi connectivity index (χ0) is 15.3. The van der Waals surface area contributed by atoms with Gasteiger partial charge in [-0.1, -0.05) is 36.4 Å². The second-order valence-electron chi connectivity index (χ2n) is 5.40. The van der Waals surface area contributed by atoms with Crippen molar-refractivity contribution in [1.82, 2.24) is 10.2 Å². The van der Waals surface area contributed by atoms with Gasteiger partial charge in [-0.25, -0.2) is 4.79 Å². The first kappa shape index (κ1) is 15.1. The predicted octanol–water partition coefficient (Wildman–Crippen LogP) is 1.90. The Bertz CT molecular complexity index is 530. The van der Waals surface area contributed by atoms with Gasteiger partial charge in [-0.3, -0.25) is 4.79 Å². The molecule has 21 heavy (non-hydrogen) atoms. The second kappa shape index (κ2) is 6.43.